The van der Waals surface area contributed by atoms with E-state index in [9.17, 15) is 33.5 Å². The molecule has 1 aliphatic heterocycles. The van der Waals surface area contributed by atoms with Gasteiger partial charge in [-0.05, 0) is 6.42 Å². The van der Waals surface area contributed by atoms with Crippen LogP contribution in [0.1, 0.15) is 26.2 Å². The van der Waals surface area contributed by atoms with Crippen LogP contribution in [0.25, 0.3) is 0 Å². The number of aliphatic hydroxyl groups is 1. The zero-order valence-electron chi connectivity index (χ0n) is 11.9. The summed E-state index contributed by atoms with van der Waals surface area (Å²) in [6.45, 7) is 1.15. The Labute approximate surface area is 131 Å². The van der Waals surface area contributed by atoms with Crippen molar-refractivity contribution >= 4 is 23.5 Å². The van der Waals surface area contributed by atoms with E-state index < -0.39 is 42.3 Å². The highest BCUT2D eigenvalue weighted by Gasteiger charge is 2.35. The van der Waals surface area contributed by atoms with Crippen molar-refractivity contribution in [3.8, 4) is 0 Å². The molecule has 0 aromatic rings. The molecule has 6 atom stereocenters. The minimum atomic E-state index is -5.91. The number of phosphoric acid groups is 3. The van der Waals surface area contributed by atoms with Gasteiger partial charge in [0.15, 0.2) is 0 Å². The van der Waals surface area contributed by atoms with E-state index in [0.29, 0.717) is 6.42 Å². The standard InChI is InChI=1S/C8H19O12P3/c1-2-3-6-4-7(9)8(18-6)5-17-22(13,14)20-23(15,16)19-21(10,11)12/h6-9H,2-5H2,1H3,(H,13,14)(H,15,16)(H2,10,11,12)/p-3/t6-,7?,8+/m0/s1. The number of hydrogen-bond acceptors (Lipinski definition) is 11. The van der Waals surface area contributed by atoms with Crippen LogP contribution >= 0.6 is 23.5 Å². The molecule has 0 radical (unpaired) electrons. The van der Waals surface area contributed by atoms with E-state index in [4.69, 9.17) is 9.63 Å². The molecule has 12 nitrogen and oxygen atoms in total. The van der Waals surface area contributed by atoms with E-state index in [1.807, 2.05) is 6.92 Å². The second kappa shape index (κ2) is 8.14. The number of aliphatic hydroxyl groups excluding tert-OH is 1. The summed E-state index contributed by atoms with van der Waals surface area (Å²) in [6, 6.07) is 0. The molecule has 1 fully saturated rings. The number of phosphoric ester groups is 1. The van der Waals surface area contributed by atoms with Crippen molar-refractivity contribution in [3.63, 3.8) is 0 Å². The lowest BCUT2D eigenvalue weighted by molar-refractivity contribution is -0.250. The van der Waals surface area contributed by atoms with Gasteiger partial charge in [-0.15, -0.1) is 0 Å². The van der Waals surface area contributed by atoms with Crippen molar-refractivity contribution in [1.82, 2.24) is 0 Å². The first-order chi connectivity index (χ1) is 10.3. The molecular weight excluding hydrogens is 381 g/mol. The summed E-state index contributed by atoms with van der Waals surface area (Å²) in [7, 11) is -17.2. The molecule has 1 heterocycles. The molecule has 23 heavy (non-hydrogen) atoms. The third kappa shape index (κ3) is 8.31. The number of ether oxygens (including phenoxy) is 1. The second-order valence-corrected chi connectivity index (χ2v) is 9.00. The molecule has 0 saturated carbocycles. The number of rotatable bonds is 9. The van der Waals surface area contributed by atoms with Gasteiger partial charge in [-0.3, -0.25) is 13.7 Å². The first-order valence-corrected chi connectivity index (χ1v) is 10.8. The molecule has 1 aliphatic rings. The lowest BCUT2D eigenvalue weighted by Gasteiger charge is -2.33. The highest BCUT2D eigenvalue weighted by Crippen LogP contribution is 2.61. The summed E-state index contributed by atoms with van der Waals surface area (Å²) < 4.78 is 48.7. The monoisotopic (exact) mass is 397 g/mol. The minimum Gasteiger partial charge on any atom is -0.756 e. The van der Waals surface area contributed by atoms with Gasteiger partial charge in [-0.2, -0.15) is 0 Å². The SMILES string of the molecule is CCC[C@H]1CC(O)[C@@H](COP(=O)([O-])OP(=O)([O-])OP(=O)([O-])O)O1. The van der Waals surface area contributed by atoms with Crippen molar-refractivity contribution in [2.45, 2.75) is 44.5 Å². The molecule has 15 heteroatoms. The fourth-order valence-electron chi connectivity index (χ4n) is 1.92. The average Bonchev–Trinajstić information content (AvgIpc) is 2.63. The third-order valence-corrected chi connectivity index (χ3v) is 6.40. The quantitative estimate of drug-likeness (QED) is 0.439. The predicted octanol–water partition coefficient (Wildman–Crippen LogP) is -1.25. The van der Waals surface area contributed by atoms with Crippen LogP contribution in [0.3, 0.4) is 0 Å². The van der Waals surface area contributed by atoms with E-state index in [2.05, 4.69) is 13.1 Å². The third-order valence-electron chi connectivity index (χ3n) is 2.71. The maximum Gasteiger partial charge on any atom is 0.280 e. The Kier molecular flexibility index (Phi) is 7.56. The molecular formula is C8H16O12P3-3. The highest BCUT2D eigenvalue weighted by atomic mass is 31.3. The van der Waals surface area contributed by atoms with Gasteiger partial charge in [-0.1, -0.05) is 13.3 Å². The normalized spacial score (nSPS) is 32.9. The van der Waals surface area contributed by atoms with Crippen LogP contribution < -0.4 is 14.7 Å². The van der Waals surface area contributed by atoms with Crippen molar-refractivity contribution < 1.29 is 56.3 Å². The van der Waals surface area contributed by atoms with Crippen LogP contribution in [0, 0.1) is 0 Å². The smallest absolute Gasteiger partial charge is 0.280 e. The molecule has 138 valence electrons. The van der Waals surface area contributed by atoms with Crippen molar-refractivity contribution in [1.29, 1.82) is 0 Å². The summed E-state index contributed by atoms with van der Waals surface area (Å²) in [5, 5.41) is 9.68. The van der Waals surface area contributed by atoms with Crippen LogP contribution in [0.4, 0.5) is 0 Å². The van der Waals surface area contributed by atoms with Crippen LogP contribution in [0.5, 0.6) is 0 Å². The first kappa shape index (κ1) is 21.4. The van der Waals surface area contributed by atoms with Gasteiger partial charge in [0, 0.05) is 6.42 Å². The summed E-state index contributed by atoms with van der Waals surface area (Å²) >= 11 is 0. The van der Waals surface area contributed by atoms with Gasteiger partial charge in [0.25, 0.3) is 23.5 Å². The number of hydrogen-bond donors (Lipinski definition) is 2. The molecule has 0 aromatic heterocycles. The zero-order chi connectivity index (χ0) is 17.9. The van der Waals surface area contributed by atoms with Crippen LogP contribution in [0.15, 0.2) is 0 Å². The molecule has 0 bridgehead atoms. The molecule has 4 unspecified atom stereocenters. The average molecular weight is 397 g/mol. The van der Waals surface area contributed by atoms with Crippen molar-refractivity contribution in [2.24, 2.45) is 0 Å². The molecule has 0 spiro atoms. The fraction of sp³-hybridized carbons (Fsp3) is 1.00. The Morgan fingerprint density at radius 2 is 1.78 bits per heavy atom. The Morgan fingerprint density at radius 1 is 1.17 bits per heavy atom. The van der Waals surface area contributed by atoms with Crippen LogP contribution in [0.2, 0.25) is 0 Å². The fourth-order valence-corrected chi connectivity index (χ4v) is 4.82. The predicted molar refractivity (Wildman–Crippen MR) is 67.4 cm³/mol. The molecule has 1 rings (SSSR count). The van der Waals surface area contributed by atoms with Gasteiger partial charge in [0.2, 0.25) is 0 Å². The Morgan fingerprint density at radius 3 is 2.30 bits per heavy atom. The van der Waals surface area contributed by atoms with E-state index in [-0.39, 0.29) is 12.5 Å². The molecule has 1 saturated heterocycles. The Balaban J connectivity index is 2.54. The van der Waals surface area contributed by atoms with E-state index >= 15 is 0 Å². The van der Waals surface area contributed by atoms with Crippen molar-refractivity contribution in [2.75, 3.05) is 6.61 Å². The molecule has 0 amide bonds. The van der Waals surface area contributed by atoms with Crippen LogP contribution in [-0.2, 0) is 31.6 Å². The van der Waals surface area contributed by atoms with E-state index in [1.54, 1.807) is 0 Å². The van der Waals surface area contributed by atoms with E-state index in [1.165, 1.54) is 0 Å². The van der Waals surface area contributed by atoms with E-state index in [0.717, 1.165) is 6.42 Å². The van der Waals surface area contributed by atoms with Gasteiger partial charge >= 0.3 is 0 Å². The largest absolute Gasteiger partial charge is 0.756 e. The second-order valence-electron chi connectivity index (χ2n) is 4.71. The minimum absolute atomic E-state index is 0.263. The molecule has 2 N–H and O–H groups in total. The zero-order valence-corrected chi connectivity index (χ0v) is 14.6. The first-order valence-electron chi connectivity index (χ1n) is 6.40. The van der Waals surface area contributed by atoms with Gasteiger partial charge in [-0.25, -0.2) is 8.62 Å². The summed E-state index contributed by atoms with van der Waals surface area (Å²) in [5.41, 5.74) is 0. The Bertz CT molecular complexity index is 530. The summed E-state index contributed by atoms with van der Waals surface area (Å²) in [5.74, 6) is 0. The lowest BCUT2D eigenvalue weighted by atomic mass is 10.1. The highest BCUT2D eigenvalue weighted by molar-refractivity contribution is 7.65. The maximum atomic E-state index is 11.3. The van der Waals surface area contributed by atoms with Gasteiger partial charge < -0.3 is 33.9 Å². The van der Waals surface area contributed by atoms with Crippen LogP contribution in [-0.4, -0.2) is 34.9 Å². The van der Waals surface area contributed by atoms with Gasteiger partial charge in [0.05, 0.1) is 18.8 Å². The Hall–Kier alpha value is 0.330. The summed E-state index contributed by atoms with van der Waals surface area (Å²) in [4.78, 5) is 40.8. The topological polar surface area (TPSA) is 198 Å². The van der Waals surface area contributed by atoms with Gasteiger partial charge in [0.1, 0.15) is 6.10 Å². The molecule has 0 aliphatic carbocycles. The van der Waals surface area contributed by atoms with Crippen molar-refractivity contribution in [3.05, 3.63) is 0 Å². The molecule has 0 aromatic carbocycles. The maximum absolute atomic E-state index is 11.3. The lowest BCUT2D eigenvalue weighted by Crippen LogP contribution is -2.27. The summed E-state index contributed by atoms with van der Waals surface area (Å²) in [6.07, 6.45) is -0.641.